The van der Waals surface area contributed by atoms with E-state index in [1.165, 1.54) is 11.1 Å². The van der Waals surface area contributed by atoms with E-state index >= 15 is 0 Å². The molecule has 0 bridgehead atoms. The van der Waals surface area contributed by atoms with Crippen molar-refractivity contribution >= 4 is 0 Å². The maximum absolute atomic E-state index is 6.24. The monoisotopic (exact) mass is 430 g/mol. The number of likely N-dealkylation sites (tertiary alicyclic amines) is 1. The van der Waals surface area contributed by atoms with E-state index in [0.29, 0.717) is 12.6 Å². The van der Waals surface area contributed by atoms with Crippen LogP contribution in [0.2, 0.25) is 0 Å². The second-order valence-corrected chi connectivity index (χ2v) is 8.64. The number of aryl methyl sites for hydroxylation is 1. The Morgan fingerprint density at radius 3 is 2.34 bits per heavy atom. The summed E-state index contributed by atoms with van der Waals surface area (Å²) in [5.74, 6) is 1.62. The number of hydrogen-bond acceptors (Lipinski definition) is 4. The highest BCUT2D eigenvalue weighted by atomic mass is 16.5. The van der Waals surface area contributed by atoms with Crippen LogP contribution in [0.4, 0.5) is 0 Å². The van der Waals surface area contributed by atoms with Gasteiger partial charge in [0, 0.05) is 24.7 Å². The van der Waals surface area contributed by atoms with Crippen molar-refractivity contribution in [3.63, 3.8) is 0 Å². The Labute approximate surface area is 192 Å². The molecule has 0 radical (unpaired) electrons. The van der Waals surface area contributed by atoms with Gasteiger partial charge in [-0.15, -0.1) is 0 Å². The summed E-state index contributed by atoms with van der Waals surface area (Å²) >= 11 is 0. The lowest BCUT2D eigenvalue weighted by Crippen LogP contribution is -2.41. The average molecular weight is 431 g/mol. The molecule has 0 atom stereocenters. The number of piperidine rings is 1. The zero-order valence-corrected chi connectivity index (χ0v) is 19.2. The molecule has 4 rings (SSSR count). The largest absolute Gasteiger partial charge is 0.493 e. The molecule has 168 valence electrons. The zero-order chi connectivity index (χ0) is 22.2. The molecule has 4 nitrogen and oxygen atoms in total. The van der Waals surface area contributed by atoms with E-state index in [-0.39, 0.29) is 0 Å². The predicted octanol–water partition coefficient (Wildman–Crippen LogP) is 5.34. The summed E-state index contributed by atoms with van der Waals surface area (Å²) < 4.78 is 11.8. The van der Waals surface area contributed by atoms with E-state index in [1.54, 1.807) is 7.11 Å². The standard InChI is InChI=1S/C28H34N2O2/c1-22-11-13-24(14-12-22)21-32-28-25(9-6-10-27(28)31-2)19-29-26-15-17-30(18-16-26)20-23-7-4-3-5-8-23/h3-14,26,29H,15-21H2,1-2H3. The molecule has 0 amide bonds. The molecule has 1 heterocycles. The van der Waals surface area contributed by atoms with E-state index in [2.05, 4.69) is 77.8 Å². The van der Waals surface area contributed by atoms with Crippen molar-refractivity contribution in [1.82, 2.24) is 10.2 Å². The van der Waals surface area contributed by atoms with Crippen LogP contribution in [-0.4, -0.2) is 31.1 Å². The van der Waals surface area contributed by atoms with Gasteiger partial charge in [-0.3, -0.25) is 4.90 Å². The minimum Gasteiger partial charge on any atom is -0.493 e. The fraction of sp³-hybridized carbons (Fsp3) is 0.357. The summed E-state index contributed by atoms with van der Waals surface area (Å²) in [6.45, 7) is 6.71. The number of para-hydroxylation sites is 1. The molecule has 0 saturated carbocycles. The van der Waals surface area contributed by atoms with Crippen LogP contribution >= 0.6 is 0 Å². The van der Waals surface area contributed by atoms with Crippen molar-refractivity contribution in [3.8, 4) is 11.5 Å². The van der Waals surface area contributed by atoms with Crippen LogP contribution < -0.4 is 14.8 Å². The van der Waals surface area contributed by atoms with Gasteiger partial charge in [0.25, 0.3) is 0 Å². The lowest BCUT2D eigenvalue weighted by molar-refractivity contribution is 0.189. The second kappa shape index (κ2) is 11.2. The van der Waals surface area contributed by atoms with Crippen LogP contribution in [-0.2, 0) is 19.7 Å². The van der Waals surface area contributed by atoms with Crippen molar-refractivity contribution in [2.75, 3.05) is 20.2 Å². The van der Waals surface area contributed by atoms with E-state index < -0.39 is 0 Å². The topological polar surface area (TPSA) is 33.7 Å². The highest BCUT2D eigenvalue weighted by Gasteiger charge is 2.20. The van der Waals surface area contributed by atoms with Gasteiger partial charge < -0.3 is 14.8 Å². The molecule has 1 aliphatic heterocycles. The van der Waals surface area contributed by atoms with Crippen molar-refractivity contribution in [1.29, 1.82) is 0 Å². The molecule has 1 aliphatic rings. The molecule has 0 aromatic heterocycles. The highest BCUT2D eigenvalue weighted by molar-refractivity contribution is 5.46. The third kappa shape index (κ3) is 6.12. The van der Waals surface area contributed by atoms with Gasteiger partial charge in [-0.05, 0) is 50.0 Å². The van der Waals surface area contributed by atoms with E-state index in [1.807, 2.05) is 12.1 Å². The predicted molar refractivity (Wildman–Crippen MR) is 130 cm³/mol. The molecular weight excluding hydrogens is 396 g/mol. The Bertz CT molecular complexity index is 964. The number of hydrogen-bond donors (Lipinski definition) is 1. The number of ether oxygens (including phenoxy) is 2. The summed E-state index contributed by atoms with van der Waals surface area (Å²) in [7, 11) is 1.70. The lowest BCUT2D eigenvalue weighted by Gasteiger charge is -2.32. The van der Waals surface area contributed by atoms with Crippen LogP contribution in [0, 0.1) is 6.92 Å². The van der Waals surface area contributed by atoms with Crippen LogP contribution in [0.1, 0.15) is 35.1 Å². The van der Waals surface area contributed by atoms with Crippen LogP contribution in [0.3, 0.4) is 0 Å². The van der Waals surface area contributed by atoms with E-state index in [0.717, 1.165) is 61.6 Å². The fourth-order valence-electron chi connectivity index (χ4n) is 4.26. The Kier molecular flexibility index (Phi) is 7.81. The first-order valence-electron chi connectivity index (χ1n) is 11.5. The summed E-state index contributed by atoms with van der Waals surface area (Å²) in [6, 6.07) is 25.9. The molecule has 0 aliphatic carbocycles. The molecule has 4 heteroatoms. The number of methoxy groups -OCH3 is 1. The molecule has 1 N–H and O–H groups in total. The SMILES string of the molecule is COc1cccc(CNC2CCN(Cc3ccccc3)CC2)c1OCc1ccc(C)cc1. The summed E-state index contributed by atoms with van der Waals surface area (Å²) in [5, 5.41) is 3.76. The summed E-state index contributed by atoms with van der Waals surface area (Å²) in [6.07, 6.45) is 2.33. The summed E-state index contributed by atoms with van der Waals surface area (Å²) in [5.41, 5.74) is 4.95. The van der Waals surface area contributed by atoms with Crippen LogP contribution in [0.25, 0.3) is 0 Å². The molecule has 0 unspecified atom stereocenters. The number of nitrogens with one attached hydrogen (secondary N) is 1. The third-order valence-corrected chi connectivity index (χ3v) is 6.20. The van der Waals surface area contributed by atoms with Gasteiger partial charge in [0.2, 0.25) is 0 Å². The van der Waals surface area contributed by atoms with Crippen molar-refractivity contribution in [2.24, 2.45) is 0 Å². The Morgan fingerprint density at radius 1 is 0.875 bits per heavy atom. The number of rotatable bonds is 9. The molecule has 1 saturated heterocycles. The van der Waals surface area contributed by atoms with Gasteiger partial charge in [-0.1, -0.05) is 72.3 Å². The van der Waals surface area contributed by atoms with Crippen LogP contribution in [0.5, 0.6) is 11.5 Å². The smallest absolute Gasteiger partial charge is 0.166 e. The molecular formula is C28H34N2O2. The molecule has 3 aromatic carbocycles. The third-order valence-electron chi connectivity index (χ3n) is 6.20. The van der Waals surface area contributed by atoms with Gasteiger partial charge in [-0.25, -0.2) is 0 Å². The van der Waals surface area contributed by atoms with Gasteiger partial charge in [0.15, 0.2) is 11.5 Å². The van der Waals surface area contributed by atoms with Crippen LogP contribution in [0.15, 0.2) is 72.8 Å². The second-order valence-electron chi connectivity index (χ2n) is 8.64. The van der Waals surface area contributed by atoms with E-state index in [9.17, 15) is 0 Å². The van der Waals surface area contributed by atoms with Crippen molar-refractivity contribution in [3.05, 3.63) is 95.1 Å². The van der Waals surface area contributed by atoms with Gasteiger partial charge in [0.05, 0.1) is 7.11 Å². The molecule has 1 fully saturated rings. The molecule has 3 aromatic rings. The maximum Gasteiger partial charge on any atom is 0.166 e. The first-order chi connectivity index (χ1) is 15.7. The minimum atomic E-state index is 0.526. The first-order valence-corrected chi connectivity index (χ1v) is 11.5. The quantitative estimate of drug-likeness (QED) is 0.497. The number of nitrogens with zero attached hydrogens (tertiary/aromatic N) is 1. The Hall–Kier alpha value is -2.82. The normalized spacial score (nSPS) is 14.9. The Balaban J connectivity index is 1.31. The maximum atomic E-state index is 6.24. The summed E-state index contributed by atoms with van der Waals surface area (Å²) in [4.78, 5) is 2.55. The van der Waals surface area contributed by atoms with Gasteiger partial charge in [-0.2, -0.15) is 0 Å². The number of benzene rings is 3. The molecule has 0 spiro atoms. The van der Waals surface area contributed by atoms with Crippen molar-refractivity contribution < 1.29 is 9.47 Å². The fourth-order valence-corrected chi connectivity index (χ4v) is 4.26. The average Bonchev–Trinajstić information content (AvgIpc) is 2.84. The highest BCUT2D eigenvalue weighted by Crippen LogP contribution is 2.32. The van der Waals surface area contributed by atoms with Crippen molar-refractivity contribution in [2.45, 2.75) is 45.5 Å². The van der Waals surface area contributed by atoms with Gasteiger partial charge >= 0.3 is 0 Å². The first kappa shape index (κ1) is 22.4. The Morgan fingerprint density at radius 2 is 1.62 bits per heavy atom. The minimum absolute atomic E-state index is 0.526. The van der Waals surface area contributed by atoms with Gasteiger partial charge in [0.1, 0.15) is 6.61 Å². The zero-order valence-electron chi connectivity index (χ0n) is 19.2. The molecule has 32 heavy (non-hydrogen) atoms. The van der Waals surface area contributed by atoms with E-state index in [4.69, 9.17) is 9.47 Å². The lowest BCUT2D eigenvalue weighted by atomic mass is 10.0.